The molecule has 3 aromatic rings. The predicted octanol–water partition coefficient (Wildman–Crippen LogP) is 5.16. The number of hydrogen-bond donors (Lipinski definition) is 0. The van der Waals surface area contributed by atoms with Crippen molar-refractivity contribution in [2.75, 3.05) is 33.3 Å². The minimum Gasteiger partial charge on any atom is -0.497 e. The highest BCUT2D eigenvalue weighted by atomic mass is 32.2. The van der Waals surface area contributed by atoms with Gasteiger partial charge < -0.3 is 18.9 Å². The smallest absolute Gasteiger partial charge is 0.270 e. The minimum absolute atomic E-state index is 0.0773. The molecule has 43 heavy (non-hydrogen) atoms. The molecule has 6 rings (SSSR count). The Hall–Kier alpha value is -3.08. The highest BCUT2D eigenvalue weighted by Crippen LogP contribution is 2.39. The molecule has 0 N–H and O–H groups in total. The van der Waals surface area contributed by atoms with Gasteiger partial charge in [0.05, 0.1) is 12.0 Å². The van der Waals surface area contributed by atoms with E-state index in [1.165, 1.54) is 17.1 Å². The molecule has 3 saturated heterocycles. The van der Waals surface area contributed by atoms with Gasteiger partial charge in [-0.15, -0.1) is 0 Å². The third kappa shape index (κ3) is 5.65. The van der Waals surface area contributed by atoms with Gasteiger partial charge in [-0.3, -0.25) is 9.69 Å². The topological polar surface area (TPSA) is 84.3 Å². The number of amides is 1. The van der Waals surface area contributed by atoms with Crippen LogP contribution in [0.4, 0.5) is 0 Å². The van der Waals surface area contributed by atoms with E-state index >= 15 is 0 Å². The molecule has 0 radical (unpaired) electrons. The quantitative estimate of drug-likeness (QED) is 0.351. The number of ether oxygens (including phenoxy) is 2. The Bertz CT molecular complexity index is 1560. The summed E-state index contributed by atoms with van der Waals surface area (Å²) < 4.78 is 41.7. The van der Waals surface area contributed by atoms with Gasteiger partial charge in [0.25, 0.3) is 5.91 Å². The van der Waals surface area contributed by atoms with E-state index in [2.05, 4.69) is 49.3 Å². The Morgan fingerprint density at radius 2 is 1.47 bits per heavy atom. The minimum atomic E-state index is -3.65. The van der Waals surface area contributed by atoms with Gasteiger partial charge in [0.2, 0.25) is 10.0 Å². The van der Waals surface area contributed by atoms with Crippen molar-refractivity contribution >= 4 is 26.8 Å². The summed E-state index contributed by atoms with van der Waals surface area (Å²) in [5, 5.41) is 0.984. The van der Waals surface area contributed by atoms with Gasteiger partial charge in [-0.1, -0.05) is 0 Å². The SMILES string of the molecule is COc1ccc(S(=O)(=O)N2CCN(C(=O)c3cc4cc(O[C@H]5C[C@H]6CC[C@@H](C5)N6C(C)C)ccc4n3C(C)C)CC2)cc1. The second kappa shape index (κ2) is 11.8. The van der Waals surface area contributed by atoms with Crippen LogP contribution < -0.4 is 9.47 Å². The van der Waals surface area contributed by atoms with Gasteiger partial charge >= 0.3 is 0 Å². The van der Waals surface area contributed by atoms with Crippen molar-refractivity contribution in [2.45, 2.75) is 88.5 Å². The van der Waals surface area contributed by atoms with E-state index in [0.717, 1.165) is 29.5 Å². The Morgan fingerprint density at radius 3 is 2.05 bits per heavy atom. The van der Waals surface area contributed by atoms with Gasteiger partial charge in [0.1, 0.15) is 23.3 Å². The Kier molecular flexibility index (Phi) is 8.21. The lowest BCUT2D eigenvalue weighted by Crippen LogP contribution is -2.50. The number of sulfonamides is 1. The van der Waals surface area contributed by atoms with Crippen LogP contribution in [0, 0.1) is 0 Å². The molecule has 0 spiro atoms. The second-order valence-electron chi connectivity index (χ2n) is 12.7. The molecule has 0 unspecified atom stereocenters. The van der Waals surface area contributed by atoms with E-state index in [-0.39, 0.29) is 36.0 Å². The van der Waals surface area contributed by atoms with Crippen LogP contribution in [0.25, 0.3) is 10.9 Å². The molecule has 3 aliphatic rings. The molecule has 232 valence electrons. The molecule has 1 aromatic heterocycles. The van der Waals surface area contributed by atoms with E-state index in [9.17, 15) is 13.2 Å². The summed E-state index contributed by atoms with van der Waals surface area (Å²) in [4.78, 5) is 18.5. The van der Waals surface area contributed by atoms with Gasteiger partial charge in [-0.05, 0) is 102 Å². The largest absolute Gasteiger partial charge is 0.497 e. The van der Waals surface area contributed by atoms with Crippen molar-refractivity contribution in [2.24, 2.45) is 0 Å². The first-order chi connectivity index (χ1) is 20.6. The highest BCUT2D eigenvalue weighted by Gasteiger charge is 2.42. The van der Waals surface area contributed by atoms with Crippen molar-refractivity contribution in [3.05, 3.63) is 54.2 Å². The molecule has 10 heteroatoms. The normalized spacial score (nSPS) is 23.4. The average Bonchev–Trinajstić information content (AvgIpc) is 3.51. The summed E-state index contributed by atoms with van der Waals surface area (Å²) >= 11 is 0. The molecule has 3 aliphatic heterocycles. The number of carbonyl (C=O) groups excluding carboxylic acids is 1. The van der Waals surface area contributed by atoms with Crippen molar-refractivity contribution in [1.29, 1.82) is 0 Å². The van der Waals surface area contributed by atoms with Crippen LogP contribution >= 0.6 is 0 Å². The fourth-order valence-electron chi connectivity index (χ4n) is 7.49. The molecule has 2 bridgehead atoms. The van der Waals surface area contributed by atoms with E-state index < -0.39 is 10.0 Å². The van der Waals surface area contributed by atoms with E-state index in [4.69, 9.17) is 9.47 Å². The lowest BCUT2D eigenvalue weighted by Gasteiger charge is -2.41. The number of benzene rings is 2. The average molecular weight is 609 g/mol. The molecule has 4 heterocycles. The van der Waals surface area contributed by atoms with E-state index in [1.54, 1.807) is 36.3 Å². The molecule has 0 saturated carbocycles. The summed E-state index contributed by atoms with van der Waals surface area (Å²) in [6.07, 6.45) is 4.84. The Labute approximate surface area is 255 Å². The zero-order chi connectivity index (χ0) is 30.5. The van der Waals surface area contributed by atoms with Gasteiger partial charge in [-0.25, -0.2) is 8.42 Å². The molecule has 1 amide bonds. The number of piperazine rings is 1. The van der Waals surface area contributed by atoms with Gasteiger partial charge in [0.15, 0.2) is 0 Å². The van der Waals surface area contributed by atoms with Crippen LogP contribution in [0.2, 0.25) is 0 Å². The number of methoxy groups -OCH3 is 1. The van der Waals surface area contributed by atoms with Crippen molar-refractivity contribution < 1.29 is 22.7 Å². The molecular weight excluding hydrogens is 564 g/mol. The zero-order valence-corrected chi connectivity index (χ0v) is 26.7. The van der Waals surface area contributed by atoms with Crippen molar-refractivity contribution in [1.82, 2.24) is 18.7 Å². The lowest BCUT2D eigenvalue weighted by atomic mass is 9.98. The molecule has 0 aliphatic carbocycles. The van der Waals surface area contributed by atoms with Gasteiger partial charge in [0, 0.05) is 61.2 Å². The van der Waals surface area contributed by atoms with Gasteiger partial charge in [-0.2, -0.15) is 4.31 Å². The maximum absolute atomic E-state index is 13.8. The number of hydrogen-bond acceptors (Lipinski definition) is 6. The van der Waals surface area contributed by atoms with Crippen LogP contribution in [-0.2, 0) is 10.0 Å². The summed E-state index contributed by atoms with van der Waals surface area (Å²) in [7, 11) is -2.11. The third-order valence-electron chi connectivity index (χ3n) is 9.41. The van der Waals surface area contributed by atoms with E-state index in [0.29, 0.717) is 42.7 Å². The number of rotatable bonds is 8. The molecule has 9 nitrogen and oxygen atoms in total. The summed E-state index contributed by atoms with van der Waals surface area (Å²) in [6, 6.07) is 16.4. The van der Waals surface area contributed by atoms with Crippen LogP contribution in [0.5, 0.6) is 11.5 Å². The first-order valence-electron chi connectivity index (χ1n) is 15.6. The van der Waals surface area contributed by atoms with Crippen LogP contribution in [0.1, 0.15) is 69.9 Å². The lowest BCUT2D eigenvalue weighted by molar-refractivity contribution is 0.0308. The predicted molar refractivity (Wildman–Crippen MR) is 167 cm³/mol. The van der Waals surface area contributed by atoms with Crippen LogP contribution in [0.3, 0.4) is 0 Å². The maximum Gasteiger partial charge on any atom is 0.270 e. The number of carbonyl (C=O) groups is 1. The van der Waals surface area contributed by atoms with Crippen molar-refractivity contribution in [3.63, 3.8) is 0 Å². The highest BCUT2D eigenvalue weighted by molar-refractivity contribution is 7.89. The molecule has 3 fully saturated rings. The number of piperidine rings is 1. The first kappa shape index (κ1) is 30.0. The fraction of sp³-hybridized carbons (Fsp3) is 0.545. The third-order valence-corrected chi connectivity index (χ3v) is 11.3. The number of aromatic nitrogens is 1. The zero-order valence-electron chi connectivity index (χ0n) is 25.9. The summed E-state index contributed by atoms with van der Waals surface area (Å²) in [6.45, 7) is 9.91. The van der Waals surface area contributed by atoms with Crippen LogP contribution in [0.15, 0.2) is 53.4 Å². The molecular formula is C33H44N4O5S. The maximum atomic E-state index is 13.8. The van der Waals surface area contributed by atoms with Crippen LogP contribution in [-0.4, -0.2) is 90.5 Å². The Morgan fingerprint density at radius 1 is 0.837 bits per heavy atom. The number of fused-ring (bicyclic) bond motifs is 3. The summed E-state index contributed by atoms with van der Waals surface area (Å²) in [5.74, 6) is 1.38. The monoisotopic (exact) mass is 608 g/mol. The van der Waals surface area contributed by atoms with Crippen molar-refractivity contribution in [3.8, 4) is 11.5 Å². The fourth-order valence-corrected chi connectivity index (χ4v) is 8.92. The van der Waals surface area contributed by atoms with E-state index in [1.807, 2.05) is 12.1 Å². The summed E-state index contributed by atoms with van der Waals surface area (Å²) in [5.41, 5.74) is 1.62. The molecule has 3 atom stereocenters. The first-order valence-corrected chi connectivity index (χ1v) is 17.0. The Balaban J connectivity index is 1.16. The standard InChI is InChI=1S/C33H44N4O5S/c1-22(2)36-25-6-7-26(36)21-29(20-25)42-28-10-13-31-24(18-28)19-32(37(31)23(3)4)33(38)34-14-16-35(17-15-34)43(39,40)30-11-8-27(41-5)9-12-30/h8-13,18-19,22-23,25-26,29H,6-7,14-17,20-21H2,1-5H3/t25-,26+,29+. The second-order valence-corrected chi connectivity index (χ2v) is 14.7. The number of nitrogens with zero attached hydrogens (tertiary/aromatic N) is 4. The molecule has 2 aromatic carbocycles.